The molecule has 0 bridgehead atoms. The maximum Gasteiger partial charge on any atom is 0.303 e. The number of nitrogens with one attached hydrogen (secondary N) is 1. The Morgan fingerprint density at radius 2 is 2.08 bits per heavy atom. The van der Waals surface area contributed by atoms with Crippen LogP contribution in [0.5, 0.6) is 0 Å². The molecule has 2 heterocycles. The number of hydrogen-bond donors (Lipinski definition) is 2. The van der Waals surface area contributed by atoms with Gasteiger partial charge in [-0.2, -0.15) is 0 Å². The summed E-state index contributed by atoms with van der Waals surface area (Å²) in [5, 5.41) is 13.5. The molecule has 9 heteroatoms. The van der Waals surface area contributed by atoms with Crippen molar-refractivity contribution in [2.45, 2.75) is 44.7 Å². The van der Waals surface area contributed by atoms with Crippen LogP contribution in [0.1, 0.15) is 53.1 Å². The Kier molecular flexibility index (Phi) is 8.46. The van der Waals surface area contributed by atoms with Crippen LogP contribution in [-0.2, 0) is 4.79 Å². The van der Waals surface area contributed by atoms with Gasteiger partial charge in [-0.25, -0.2) is 9.37 Å². The van der Waals surface area contributed by atoms with E-state index in [1.54, 1.807) is 6.07 Å². The van der Waals surface area contributed by atoms with Gasteiger partial charge in [-0.1, -0.05) is 45.7 Å². The molecule has 0 aliphatic carbocycles. The van der Waals surface area contributed by atoms with E-state index in [9.17, 15) is 19.1 Å². The number of amides is 1. The second kappa shape index (κ2) is 11.6. The molecule has 4 rings (SSSR count). The van der Waals surface area contributed by atoms with Gasteiger partial charge in [0.2, 0.25) is 0 Å². The summed E-state index contributed by atoms with van der Waals surface area (Å²) in [5.41, 5.74) is 2.61. The Morgan fingerprint density at radius 3 is 2.81 bits per heavy atom. The van der Waals surface area contributed by atoms with Crippen LogP contribution < -0.4 is 10.2 Å². The standard InChI is InChI=1S/C27H28BrClFN3O3/c1-16-25(27(36)31-14-17(8-11-24(34)35)20-6-2-3-7-22(20)29)21-13-18(28)9-10-23(21)32-26(16)33-12-4-5-19(30)15-33/h2-3,6-7,9-10,13,17,19H,4-5,8,11-12,14-15H2,1H3,(H,31,36)(H,34,35). The number of carbonyl (C=O) groups is 2. The molecule has 1 aromatic heterocycles. The van der Waals surface area contributed by atoms with E-state index in [1.807, 2.05) is 48.2 Å². The average molecular weight is 577 g/mol. The Morgan fingerprint density at radius 1 is 1.31 bits per heavy atom. The van der Waals surface area contributed by atoms with Crippen LogP contribution in [0.25, 0.3) is 10.9 Å². The van der Waals surface area contributed by atoms with Gasteiger partial charge in [0.1, 0.15) is 12.0 Å². The first kappa shape index (κ1) is 26.4. The van der Waals surface area contributed by atoms with Crippen molar-refractivity contribution in [2.75, 3.05) is 24.5 Å². The van der Waals surface area contributed by atoms with Crippen molar-refractivity contribution in [3.63, 3.8) is 0 Å². The number of piperidine rings is 1. The van der Waals surface area contributed by atoms with Crippen molar-refractivity contribution in [3.05, 3.63) is 68.7 Å². The van der Waals surface area contributed by atoms with Crippen LogP contribution in [-0.4, -0.2) is 47.8 Å². The highest BCUT2D eigenvalue weighted by atomic mass is 79.9. The van der Waals surface area contributed by atoms with E-state index in [1.165, 1.54) is 0 Å². The number of pyridine rings is 1. The van der Waals surface area contributed by atoms with E-state index < -0.39 is 12.1 Å². The molecule has 0 saturated carbocycles. The minimum absolute atomic E-state index is 0.0422. The molecular formula is C27H28BrClFN3O3. The number of hydrogen-bond acceptors (Lipinski definition) is 4. The minimum atomic E-state index is -0.927. The average Bonchev–Trinajstić information content (AvgIpc) is 2.84. The van der Waals surface area contributed by atoms with Crippen molar-refractivity contribution >= 4 is 56.1 Å². The maximum atomic E-state index is 14.2. The predicted octanol–water partition coefficient (Wildman–Crippen LogP) is 6.28. The first-order chi connectivity index (χ1) is 17.2. The lowest BCUT2D eigenvalue weighted by Crippen LogP contribution is -2.38. The van der Waals surface area contributed by atoms with Gasteiger partial charge in [-0.15, -0.1) is 0 Å². The Hall–Kier alpha value is -2.71. The van der Waals surface area contributed by atoms with Gasteiger partial charge in [0.15, 0.2) is 0 Å². The summed E-state index contributed by atoms with van der Waals surface area (Å²) >= 11 is 9.88. The molecule has 190 valence electrons. The van der Waals surface area contributed by atoms with Crippen LogP contribution in [0, 0.1) is 6.92 Å². The fourth-order valence-electron chi connectivity index (χ4n) is 4.81. The highest BCUT2D eigenvalue weighted by Crippen LogP contribution is 2.33. The van der Waals surface area contributed by atoms with Crippen molar-refractivity contribution in [1.29, 1.82) is 0 Å². The maximum absolute atomic E-state index is 14.2. The molecule has 2 atom stereocenters. The lowest BCUT2D eigenvalue weighted by Gasteiger charge is -2.32. The monoisotopic (exact) mass is 575 g/mol. The molecule has 1 aliphatic rings. The van der Waals surface area contributed by atoms with Gasteiger partial charge in [-0.3, -0.25) is 9.59 Å². The number of halogens is 3. The normalized spacial score (nSPS) is 16.7. The van der Waals surface area contributed by atoms with Crippen molar-refractivity contribution in [3.8, 4) is 0 Å². The number of aliphatic carboxylic acids is 1. The topological polar surface area (TPSA) is 82.5 Å². The van der Waals surface area contributed by atoms with Gasteiger partial charge < -0.3 is 15.3 Å². The second-order valence-corrected chi connectivity index (χ2v) is 10.5. The minimum Gasteiger partial charge on any atom is -0.481 e. The Bertz CT molecular complexity index is 1290. The first-order valence-electron chi connectivity index (χ1n) is 12.0. The Balaban J connectivity index is 1.68. The van der Waals surface area contributed by atoms with E-state index in [4.69, 9.17) is 16.6 Å². The van der Waals surface area contributed by atoms with Crippen LogP contribution in [0.4, 0.5) is 10.2 Å². The van der Waals surface area contributed by atoms with Crippen LogP contribution in [0.3, 0.4) is 0 Å². The summed E-state index contributed by atoms with van der Waals surface area (Å²) in [6.07, 6.45) is 0.620. The lowest BCUT2D eigenvalue weighted by atomic mass is 9.93. The zero-order valence-corrected chi connectivity index (χ0v) is 22.3. The summed E-state index contributed by atoms with van der Waals surface area (Å²) in [6.45, 7) is 3.00. The molecule has 2 aromatic carbocycles. The van der Waals surface area contributed by atoms with Crippen molar-refractivity contribution in [2.24, 2.45) is 0 Å². The molecule has 6 nitrogen and oxygen atoms in total. The number of carboxylic acids is 1. The molecule has 1 aliphatic heterocycles. The molecule has 1 amide bonds. The molecule has 1 fully saturated rings. The predicted molar refractivity (Wildman–Crippen MR) is 144 cm³/mol. The highest BCUT2D eigenvalue weighted by Gasteiger charge is 2.26. The zero-order valence-electron chi connectivity index (χ0n) is 19.9. The summed E-state index contributed by atoms with van der Waals surface area (Å²) in [6, 6.07) is 12.8. The molecule has 3 aromatic rings. The summed E-state index contributed by atoms with van der Waals surface area (Å²) in [7, 11) is 0. The smallest absolute Gasteiger partial charge is 0.303 e. The number of benzene rings is 2. The largest absolute Gasteiger partial charge is 0.481 e. The van der Waals surface area contributed by atoms with Crippen molar-refractivity contribution < 1.29 is 19.1 Å². The third-order valence-electron chi connectivity index (χ3n) is 6.62. The van der Waals surface area contributed by atoms with Gasteiger partial charge in [0, 0.05) is 45.9 Å². The fourth-order valence-corrected chi connectivity index (χ4v) is 5.46. The number of aromatic nitrogens is 1. The van der Waals surface area contributed by atoms with E-state index in [0.717, 1.165) is 16.5 Å². The zero-order chi connectivity index (χ0) is 25.8. The number of nitrogens with zero attached hydrogens (tertiary/aromatic N) is 2. The fraction of sp³-hybridized carbons (Fsp3) is 0.370. The van der Waals surface area contributed by atoms with E-state index in [0.29, 0.717) is 52.3 Å². The highest BCUT2D eigenvalue weighted by molar-refractivity contribution is 9.10. The van der Waals surface area contributed by atoms with E-state index in [-0.39, 0.29) is 31.3 Å². The number of carboxylic acid groups (broad SMARTS) is 1. The number of carbonyl (C=O) groups excluding carboxylic acids is 1. The lowest BCUT2D eigenvalue weighted by molar-refractivity contribution is -0.137. The van der Waals surface area contributed by atoms with Gasteiger partial charge in [0.05, 0.1) is 17.6 Å². The number of fused-ring (bicyclic) bond motifs is 1. The molecule has 2 N–H and O–H groups in total. The van der Waals surface area contributed by atoms with Crippen LogP contribution >= 0.6 is 27.5 Å². The quantitative estimate of drug-likeness (QED) is 0.330. The van der Waals surface area contributed by atoms with Gasteiger partial charge in [-0.05, 0) is 56.0 Å². The summed E-state index contributed by atoms with van der Waals surface area (Å²) < 4.78 is 15.0. The molecule has 36 heavy (non-hydrogen) atoms. The molecule has 2 unspecified atom stereocenters. The third kappa shape index (κ3) is 5.98. The third-order valence-corrected chi connectivity index (χ3v) is 7.45. The summed E-state index contributed by atoms with van der Waals surface area (Å²) in [4.78, 5) is 31.6. The molecule has 0 radical (unpaired) electrons. The van der Waals surface area contributed by atoms with E-state index >= 15 is 0 Å². The second-order valence-electron chi connectivity index (χ2n) is 9.14. The molecule has 0 spiro atoms. The van der Waals surface area contributed by atoms with E-state index in [2.05, 4.69) is 21.2 Å². The van der Waals surface area contributed by atoms with Crippen molar-refractivity contribution in [1.82, 2.24) is 10.3 Å². The van der Waals surface area contributed by atoms with Gasteiger partial charge >= 0.3 is 5.97 Å². The Labute approximate surface area is 223 Å². The van der Waals surface area contributed by atoms with Gasteiger partial charge in [0.25, 0.3) is 5.91 Å². The molecular weight excluding hydrogens is 549 g/mol. The SMILES string of the molecule is Cc1c(N2CCCC(F)C2)nc2ccc(Br)cc2c1C(=O)NCC(CCC(=O)O)c1ccccc1Cl. The first-order valence-corrected chi connectivity index (χ1v) is 13.1. The number of alkyl halides is 1. The number of anilines is 1. The summed E-state index contributed by atoms with van der Waals surface area (Å²) in [5.74, 6) is -0.851. The van der Waals surface area contributed by atoms with Crippen LogP contribution in [0.15, 0.2) is 46.9 Å². The molecule has 1 saturated heterocycles. The van der Waals surface area contributed by atoms with Crippen LogP contribution in [0.2, 0.25) is 5.02 Å². The number of rotatable bonds is 8.